The number of hydrogen-bond donors (Lipinski definition) is 3. The van der Waals surface area contributed by atoms with Crippen LogP contribution < -0.4 is 0 Å². The van der Waals surface area contributed by atoms with Gasteiger partial charge in [-0.25, -0.2) is 4.79 Å². The van der Waals surface area contributed by atoms with Gasteiger partial charge in [-0.3, -0.25) is 0 Å². The maximum atomic E-state index is 10.2. The van der Waals surface area contributed by atoms with Gasteiger partial charge in [0.2, 0.25) is 0 Å². The first-order valence-corrected chi connectivity index (χ1v) is 4.92. The van der Waals surface area contributed by atoms with Crippen molar-refractivity contribution in [1.82, 2.24) is 0 Å². The lowest BCUT2D eigenvalue weighted by atomic mass is 10.2. The molecule has 4 nitrogen and oxygen atoms in total. The topological polar surface area (TPSA) is 77.8 Å². The fraction of sp³-hybridized carbons (Fsp3) is 0.250. The summed E-state index contributed by atoms with van der Waals surface area (Å²) in [6.07, 6.45) is 2.86. The average molecular weight is 222 g/mol. The second-order valence-corrected chi connectivity index (χ2v) is 3.43. The van der Waals surface area contributed by atoms with E-state index in [0.29, 0.717) is 12.0 Å². The number of carboxylic acid groups (broad SMARTS) is 1. The first kappa shape index (κ1) is 12.4. The summed E-state index contributed by atoms with van der Waals surface area (Å²) >= 11 is 0. The predicted octanol–water partition coefficient (Wildman–Crippen LogP) is 1.05. The predicted molar refractivity (Wildman–Crippen MR) is 59.2 cm³/mol. The molecule has 1 aliphatic rings. The van der Waals surface area contributed by atoms with Crippen molar-refractivity contribution in [2.24, 2.45) is 0 Å². The molecule has 0 radical (unpaired) electrons. The molecule has 0 fully saturated rings. The lowest BCUT2D eigenvalue weighted by Crippen LogP contribution is -2.04. The van der Waals surface area contributed by atoms with Crippen LogP contribution in [-0.4, -0.2) is 33.5 Å². The highest BCUT2D eigenvalue weighted by Crippen LogP contribution is 2.08. The van der Waals surface area contributed by atoms with E-state index in [0.717, 1.165) is 0 Å². The van der Waals surface area contributed by atoms with E-state index < -0.39 is 18.2 Å². The van der Waals surface area contributed by atoms with Crippen LogP contribution in [0.15, 0.2) is 42.5 Å². The van der Waals surface area contributed by atoms with Crippen LogP contribution in [0.5, 0.6) is 0 Å². The fourth-order valence-corrected chi connectivity index (χ4v) is 1.24. The van der Waals surface area contributed by atoms with E-state index in [-0.39, 0.29) is 0 Å². The quantitative estimate of drug-likeness (QED) is 0.621. The summed E-state index contributed by atoms with van der Waals surface area (Å²) in [7, 11) is 0. The molecular formula is C12H14O4. The van der Waals surface area contributed by atoms with E-state index in [1.807, 2.05) is 0 Å². The molecule has 0 heterocycles. The molecule has 0 amide bonds. The summed E-state index contributed by atoms with van der Waals surface area (Å²) in [5.41, 5.74) is 0.331. The maximum Gasteiger partial charge on any atom is 0.335 e. The van der Waals surface area contributed by atoms with Crippen molar-refractivity contribution in [2.75, 3.05) is 0 Å². The zero-order valence-electron chi connectivity index (χ0n) is 8.65. The first-order valence-electron chi connectivity index (χ1n) is 4.92. The summed E-state index contributed by atoms with van der Waals surface area (Å²) in [5, 5.41) is 25.7. The zero-order valence-corrected chi connectivity index (χ0v) is 8.65. The third kappa shape index (κ3) is 4.25. The van der Waals surface area contributed by atoms with Crippen LogP contribution in [0.2, 0.25) is 0 Å². The molecule has 0 saturated heterocycles. The Kier molecular flexibility index (Phi) is 4.69. The van der Waals surface area contributed by atoms with E-state index in [4.69, 9.17) is 15.3 Å². The van der Waals surface area contributed by atoms with Gasteiger partial charge in [0.15, 0.2) is 0 Å². The highest BCUT2D eigenvalue weighted by Gasteiger charge is 2.11. The standard InChI is InChI=1S/C7H6O2.C5H8O2/c8-7(9)6-4-2-1-3-5-6;6-4-1-2-5(7)3-4/h1-5H,(H,8,9);1-2,4-7H,3H2/t;4-,5-/m.0/s1. The molecule has 1 aromatic rings. The average Bonchev–Trinajstić information content (AvgIpc) is 2.65. The highest BCUT2D eigenvalue weighted by atomic mass is 16.4. The number of benzene rings is 1. The van der Waals surface area contributed by atoms with Crippen LogP contribution >= 0.6 is 0 Å². The molecule has 1 aliphatic carbocycles. The number of aliphatic hydroxyl groups is 2. The Bertz CT molecular complexity index is 349. The lowest BCUT2D eigenvalue weighted by Gasteiger charge is -1.96. The zero-order chi connectivity index (χ0) is 12.0. The molecule has 0 aliphatic heterocycles. The minimum absolute atomic E-state index is 0.331. The van der Waals surface area contributed by atoms with E-state index in [1.165, 1.54) is 0 Å². The van der Waals surface area contributed by atoms with Crippen molar-refractivity contribution in [3.05, 3.63) is 48.0 Å². The van der Waals surface area contributed by atoms with Crippen molar-refractivity contribution in [2.45, 2.75) is 18.6 Å². The van der Waals surface area contributed by atoms with Crippen molar-refractivity contribution in [1.29, 1.82) is 0 Å². The Morgan fingerprint density at radius 1 is 1.06 bits per heavy atom. The van der Waals surface area contributed by atoms with E-state index in [1.54, 1.807) is 42.5 Å². The van der Waals surface area contributed by atoms with Gasteiger partial charge >= 0.3 is 5.97 Å². The number of rotatable bonds is 1. The Morgan fingerprint density at radius 2 is 1.56 bits per heavy atom. The van der Waals surface area contributed by atoms with Crippen molar-refractivity contribution in [3.63, 3.8) is 0 Å². The third-order valence-electron chi connectivity index (χ3n) is 2.06. The molecule has 1 aromatic carbocycles. The first-order chi connectivity index (χ1) is 7.59. The SMILES string of the molecule is O=C(O)c1ccccc1.O[C@H]1C=C[C@H](O)C1. The van der Waals surface area contributed by atoms with Gasteiger partial charge in [0.1, 0.15) is 0 Å². The van der Waals surface area contributed by atoms with E-state index in [9.17, 15) is 4.79 Å². The third-order valence-corrected chi connectivity index (χ3v) is 2.06. The molecule has 0 bridgehead atoms. The molecule has 0 unspecified atom stereocenters. The summed E-state index contributed by atoms with van der Waals surface area (Å²) in [4.78, 5) is 10.2. The molecule has 0 aromatic heterocycles. The molecular weight excluding hydrogens is 208 g/mol. The smallest absolute Gasteiger partial charge is 0.335 e. The monoisotopic (exact) mass is 222 g/mol. The Labute approximate surface area is 93.5 Å². The van der Waals surface area contributed by atoms with Gasteiger partial charge in [0, 0.05) is 6.42 Å². The second-order valence-electron chi connectivity index (χ2n) is 3.43. The fourth-order valence-electron chi connectivity index (χ4n) is 1.24. The van der Waals surface area contributed by atoms with Gasteiger partial charge in [-0.15, -0.1) is 0 Å². The van der Waals surface area contributed by atoms with Crippen LogP contribution in [0.25, 0.3) is 0 Å². The summed E-state index contributed by atoms with van der Waals surface area (Å²) < 4.78 is 0. The minimum atomic E-state index is -0.879. The number of aromatic carboxylic acids is 1. The molecule has 3 N–H and O–H groups in total. The van der Waals surface area contributed by atoms with Crippen LogP contribution in [0.3, 0.4) is 0 Å². The normalized spacial score (nSPS) is 22.4. The van der Waals surface area contributed by atoms with Gasteiger partial charge in [0.25, 0.3) is 0 Å². The van der Waals surface area contributed by atoms with Crippen molar-refractivity contribution < 1.29 is 20.1 Å². The molecule has 0 saturated carbocycles. The Hall–Kier alpha value is -1.65. The molecule has 2 rings (SSSR count). The van der Waals surface area contributed by atoms with Gasteiger partial charge < -0.3 is 15.3 Å². The highest BCUT2D eigenvalue weighted by molar-refractivity contribution is 5.87. The molecule has 0 spiro atoms. The van der Waals surface area contributed by atoms with Gasteiger partial charge in [-0.2, -0.15) is 0 Å². The summed E-state index contributed by atoms with van der Waals surface area (Å²) in [5.74, 6) is -0.879. The second kappa shape index (κ2) is 6.05. The van der Waals surface area contributed by atoms with Crippen LogP contribution in [0.4, 0.5) is 0 Å². The van der Waals surface area contributed by atoms with Crippen molar-refractivity contribution >= 4 is 5.97 Å². The Balaban J connectivity index is 0.000000165. The Morgan fingerprint density at radius 3 is 1.81 bits per heavy atom. The maximum absolute atomic E-state index is 10.2. The van der Waals surface area contributed by atoms with E-state index in [2.05, 4.69) is 0 Å². The van der Waals surface area contributed by atoms with Gasteiger partial charge in [0.05, 0.1) is 17.8 Å². The van der Waals surface area contributed by atoms with Gasteiger partial charge in [-0.05, 0) is 12.1 Å². The number of hydrogen-bond acceptors (Lipinski definition) is 3. The van der Waals surface area contributed by atoms with Crippen molar-refractivity contribution in [3.8, 4) is 0 Å². The molecule has 16 heavy (non-hydrogen) atoms. The number of carboxylic acids is 1. The van der Waals surface area contributed by atoms with Gasteiger partial charge in [-0.1, -0.05) is 30.4 Å². The largest absolute Gasteiger partial charge is 0.478 e. The lowest BCUT2D eigenvalue weighted by molar-refractivity contribution is 0.0697. The summed E-state index contributed by atoms with van der Waals surface area (Å²) in [6.45, 7) is 0. The van der Waals surface area contributed by atoms with E-state index >= 15 is 0 Å². The van der Waals surface area contributed by atoms with Crippen LogP contribution in [0, 0.1) is 0 Å². The number of carbonyl (C=O) groups is 1. The minimum Gasteiger partial charge on any atom is -0.478 e. The van der Waals surface area contributed by atoms with Crippen LogP contribution in [0.1, 0.15) is 16.8 Å². The number of aliphatic hydroxyl groups excluding tert-OH is 2. The molecule has 86 valence electrons. The summed E-state index contributed by atoms with van der Waals surface area (Å²) in [6, 6.07) is 8.30. The molecule has 4 heteroatoms. The van der Waals surface area contributed by atoms with Crippen LogP contribution in [-0.2, 0) is 0 Å². The molecule has 2 atom stereocenters.